The molecule has 1 aliphatic carbocycles. The second-order valence-corrected chi connectivity index (χ2v) is 4.08. The third kappa shape index (κ3) is 2.76. The lowest BCUT2D eigenvalue weighted by Crippen LogP contribution is -2.24. The summed E-state index contributed by atoms with van der Waals surface area (Å²) in [5.74, 6) is 0.720. The van der Waals surface area contributed by atoms with Crippen LogP contribution in [0.2, 0.25) is 0 Å². The van der Waals surface area contributed by atoms with Crippen molar-refractivity contribution in [2.24, 2.45) is 10.8 Å². The highest BCUT2D eigenvalue weighted by Crippen LogP contribution is 2.41. The van der Waals surface area contributed by atoms with Crippen LogP contribution in [-0.2, 0) is 0 Å². The molecule has 0 unspecified atom stereocenters. The summed E-state index contributed by atoms with van der Waals surface area (Å²) in [5, 5.41) is 4.16. The Bertz CT molecular complexity index is 397. The molecular weight excluding hydrogens is 206 g/mol. The molecule has 15 heavy (non-hydrogen) atoms. The first-order valence-corrected chi connectivity index (χ1v) is 5.35. The van der Waals surface area contributed by atoms with Gasteiger partial charge in [-0.15, -0.1) is 0 Å². The number of benzene rings is 1. The molecule has 0 spiro atoms. The molecule has 0 amide bonds. The fourth-order valence-corrected chi connectivity index (χ4v) is 1.61. The highest BCUT2D eigenvalue weighted by Gasteiger charge is 2.24. The van der Waals surface area contributed by atoms with Gasteiger partial charge in [-0.2, -0.15) is 5.10 Å². The van der Waals surface area contributed by atoms with Crippen LogP contribution in [0.5, 0.6) is 0 Å². The van der Waals surface area contributed by atoms with Crippen molar-refractivity contribution in [3.8, 4) is 0 Å². The maximum absolute atomic E-state index is 5.27. The van der Waals surface area contributed by atoms with Gasteiger partial charge in [-0.3, -0.25) is 5.43 Å². The van der Waals surface area contributed by atoms with E-state index in [0.29, 0.717) is 0 Å². The van der Waals surface area contributed by atoms with Gasteiger partial charge in [0.15, 0.2) is 5.11 Å². The van der Waals surface area contributed by atoms with Crippen LogP contribution in [-0.4, -0.2) is 11.3 Å². The van der Waals surface area contributed by atoms with Crippen molar-refractivity contribution < 1.29 is 0 Å². The van der Waals surface area contributed by atoms with Crippen LogP contribution in [0.3, 0.4) is 0 Å². The van der Waals surface area contributed by atoms with E-state index >= 15 is 0 Å². The van der Waals surface area contributed by atoms with E-state index in [1.54, 1.807) is 6.21 Å². The van der Waals surface area contributed by atoms with Gasteiger partial charge < -0.3 is 5.73 Å². The molecule has 0 radical (unpaired) electrons. The molecule has 0 saturated heterocycles. The summed E-state index contributed by atoms with van der Waals surface area (Å²) >= 11 is 4.66. The Kier molecular flexibility index (Phi) is 2.97. The number of hydrogen-bond donors (Lipinski definition) is 2. The number of rotatable bonds is 3. The van der Waals surface area contributed by atoms with Crippen LogP contribution in [0, 0.1) is 0 Å². The molecule has 4 heteroatoms. The smallest absolute Gasteiger partial charge is 0.184 e. The standard InChI is InChI=1S/C11H13N3S/c12-11(15)14-13-7-9-3-1-2-4-10(9)8-5-6-8/h1-4,7-8H,5-6H2,(H3,12,14,15). The van der Waals surface area contributed by atoms with Crippen molar-refractivity contribution in [2.45, 2.75) is 18.8 Å². The second kappa shape index (κ2) is 4.40. The summed E-state index contributed by atoms with van der Waals surface area (Å²) in [5.41, 5.74) is 10.3. The molecule has 78 valence electrons. The van der Waals surface area contributed by atoms with Crippen LogP contribution >= 0.6 is 12.2 Å². The molecule has 1 aliphatic rings. The van der Waals surface area contributed by atoms with Gasteiger partial charge in [0.1, 0.15) is 0 Å². The molecule has 3 nitrogen and oxygen atoms in total. The maximum atomic E-state index is 5.27. The molecule has 2 rings (SSSR count). The average molecular weight is 219 g/mol. The zero-order chi connectivity index (χ0) is 10.7. The number of nitrogens with one attached hydrogen (secondary N) is 1. The highest BCUT2D eigenvalue weighted by atomic mass is 32.1. The Hall–Kier alpha value is -1.42. The van der Waals surface area contributed by atoms with Crippen LogP contribution in [0.25, 0.3) is 0 Å². The summed E-state index contributed by atoms with van der Waals surface area (Å²) in [7, 11) is 0. The van der Waals surface area contributed by atoms with Crippen molar-refractivity contribution in [1.29, 1.82) is 0 Å². The van der Waals surface area contributed by atoms with Crippen molar-refractivity contribution in [1.82, 2.24) is 5.43 Å². The normalized spacial score (nSPS) is 15.5. The van der Waals surface area contributed by atoms with Gasteiger partial charge in [-0.25, -0.2) is 0 Å². The van der Waals surface area contributed by atoms with Gasteiger partial charge in [0.25, 0.3) is 0 Å². The Morgan fingerprint density at radius 1 is 1.47 bits per heavy atom. The fourth-order valence-electron chi connectivity index (χ4n) is 1.56. The molecule has 0 heterocycles. The van der Waals surface area contributed by atoms with Crippen molar-refractivity contribution >= 4 is 23.5 Å². The Morgan fingerprint density at radius 2 is 2.20 bits per heavy atom. The van der Waals surface area contributed by atoms with E-state index in [9.17, 15) is 0 Å². The summed E-state index contributed by atoms with van der Waals surface area (Å²) in [6, 6.07) is 8.28. The zero-order valence-corrected chi connectivity index (χ0v) is 9.13. The summed E-state index contributed by atoms with van der Waals surface area (Å²) in [4.78, 5) is 0. The van der Waals surface area contributed by atoms with Crippen molar-refractivity contribution in [2.75, 3.05) is 0 Å². The lowest BCUT2D eigenvalue weighted by molar-refractivity contribution is 1.04. The maximum Gasteiger partial charge on any atom is 0.184 e. The SMILES string of the molecule is NC(=S)NN=Cc1ccccc1C1CC1. The Morgan fingerprint density at radius 3 is 2.87 bits per heavy atom. The fraction of sp³-hybridized carbons (Fsp3) is 0.273. The molecular formula is C11H13N3S. The monoisotopic (exact) mass is 219 g/mol. The van der Waals surface area contributed by atoms with E-state index in [2.05, 4.69) is 40.9 Å². The van der Waals surface area contributed by atoms with E-state index in [1.165, 1.54) is 18.4 Å². The third-order valence-electron chi connectivity index (χ3n) is 2.39. The predicted molar refractivity (Wildman–Crippen MR) is 65.9 cm³/mol. The van der Waals surface area contributed by atoms with E-state index in [4.69, 9.17) is 5.73 Å². The van der Waals surface area contributed by atoms with Crippen molar-refractivity contribution in [3.63, 3.8) is 0 Å². The van der Waals surface area contributed by atoms with E-state index in [0.717, 1.165) is 11.5 Å². The lowest BCUT2D eigenvalue weighted by atomic mass is 10.0. The number of hydrazone groups is 1. The molecule has 0 atom stereocenters. The third-order valence-corrected chi connectivity index (χ3v) is 2.48. The van der Waals surface area contributed by atoms with Crippen LogP contribution < -0.4 is 11.2 Å². The second-order valence-electron chi connectivity index (χ2n) is 3.64. The minimum absolute atomic E-state index is 0.190. The first-order chi connectivity index (χ1) is 7.27. The zero-order valence-electron chi connectivity index (χ0n) is 8.31. The summed E-state index contributed by atoms with van der Waals surface area (Å²) < 4.78 is 0. The molecule has 0 aromatic heterocycles. The van der Waals surface area contributed by atoms with Crippen LogP contribution in [0.15, 0.2) is 29.4 Å². The average Bonchev–Trinajstić information content (AvgIpc) is 3.01. The van der Waals surface area contributed by atoms with Crippen LogP contribution in [0.1, 0.15) is 29.9 Å². The van der Waals surface area contributed by atoms with Crippen molar-refractivity contribution in [3.05, 3.63) is 35.4 Å². The van der Waals surface area contributed by atoms with Gasteiger partial charge >= 0.3 is 0 Å². The summed E-state index contributed by atoms with van der Waals surface area (Å²) in [6.07, 6.45) is 4.34. The number of hydrogen-bond acceptors (Lipinski definition) is 2. The quantitative estimate of drug-likeness (QED) is 0.462. The number of nitrogens with two attached hydrogens (primary N) is 1. The Balaban J connectivity index is 2.12. The van der Waals surface area contributed by atoms with Gasteiger partial charge in [-0.05, 0) is 42.1 Å². The molecule has 0 aliphatic heterocycles. The first-order valence-electron chi connectivity index (χ1n) is 4.95. The minimum atomic E-state index is 0.190. The molecule has 1 aromatic carbocycles. The molecule has 1 fully saturated rings. The van der Waals surface area contributed by atoms with E-state index < -0.39 is 0 Å². The van der Waals surface area contributed by atoms with Gasteiger partial charge in [0.2, 0.25) is 0 Å². The minimum Gasteiger partial charge on any atom is -0.375 e. The lowest BCUT2D eigenvalue weighted by Gasteiger charge is -2.02. The predicted octanol–water partition coefficient (Wildman–Crippen LogP) is 1.73. The number of nitrogens with zero attached hydrogens (tertiary/aromatic N) is 1. The Labute approximate surface area is 94.4 Å². The molecule has 1 saturated carbocycles. The van der Waals surface area contributed by atoms with Crippen LogP contribution in [0.4, 0.5) is 0 Å². The highest BCUT2D eigenvalue weighted by molar-refractivity contribution is 7.80. The number of thiocarbonyl (C=S) groups is 1. The molecule has 3 N–H and O–H groups in total. The largest absolute Gasteiger partial charge is 0.375 e. The van der Waals surface area contributed by atoms with E-state index in [1.807, 2.05) is 6.07 Å². The molecule has 0 bridgehead atoms. The van der Waals surface area contributed by atoms with Gasteiger partial charge in [0.05, 0.1) is 6.21 Å². The summed E-state index contributed by atoms with van der Waals surface area (Å²) in [6.45, 7) is 0. The van der Waals surface area contributed by atoms with E-state index in [-0.39, 0.29) is 5.11 Å². The topological polar surface area (TPSA) is 50.4 Å². The van der Waals surface area contributed by atoms with Gasteiger partial charge in [-0.1, -0.05) is 24.3 Å². The molecule has 1 aromatic rings. The first kappa shape index (κ1) is 10.1. The van der Waals surface area contributed by atoms with Gasteiger partial charge in [0, 0.05) is 0 Å².